The third-order valence-corrected chi connectivity index (χ3v) is 6.53. The number of hydrogen-bond acceptors (Lipinski definition) is 4. The van der Waals surface area contributed by atoms with E-state index in [-0.39, 0.29) is 5.97 Å². The zero-order valence-electron chi connectivity index (χ0n) is 17.3. The largest absolute Gasteiger partial charge is 0.462 e. The maximum Gasteiger partial charge on any atom is 0.341 e. The van der Waals surface area contributed by atoms with Gasteiger partial charge in [0.1, 0.15) is 10.6 Å². The van der Waals surface area contributed by atoms with Crippen LogP contribution in [0.2, 0.25) is 0 Å². The van der Waals surface area contributed by atoms with Crippen molar-refractivity contribution in [3.63, 3.8) is 0 Å². The molecule has 0 bridgehead atoms. The summed E-state index contributed by atoms with van der Waals surface area (Å²) >= 11 is 7.16. The molecule has 2 N–H and O–H groups in total. The molecule has 1 aromatic heterocycles. The van der Waals surface area contributed by atoms with E-state index in [1.165, 1.54) is 32.1 Å². The van der Waals surface area contributed by atoms with Crippen LogP contribution in [-0.4, -0.2) is 23.7 Å². The molecule has 0 saturated heterocycles. The van der Waals surface area contributed by atoms with Gasteiger partial charge in [-0.2, -0.15) is 0 Å². The lowest BCUT2D eigenvalue weighted by Gasteiger charge is -2.22. The number of anilines is 1. The minimum absolute atomic E-state index is 0.313. The molecule has 3 rings (SSSR count). The van der Waals surface area contributed by atoms with Crippen LogP contribution in [0.5, 0.6) is 0 Å². The van der Waals surface area contributed by atoms with E-state index < -0.39 is 0 Å². The van der Waals surface area contributed by atoms with Gasteiger partial charge in [0.2, 0.25) is 0 Å². The van der Waals surface area contributed by atoms with Crippen LogP contribution in [0.1, 0.15) is 67.1 Å². The Bertz CT molecular complexity index is 825. The number of hydrogen-bond donors (Lipinski definition) is 2. The van der Waals surface area contributed by atoms with Crippen molar-refractivity contribution in [1.82, 2.24) is 5.32 Å². The number of carbonyl (C=O) groups excluding carboxylic acids is 1. The van der Waals surface area contributed by atoms with Crippen LogP contribution in [-0.2, 0) is 4.74 Å². The Morgan fingerprint density at radius 2 is 1.79 bits per heavy atom. The average molecular weight is 431 g/mol. The first kappa shape index (κ1) is 21.8. The molecule has 0 atom stereocenters. The summed E-state index contributed by atoms with van der Waals surface area (Å²) in [5, 5.41) is 8.12. The van der Waals surface area contributed by atoms with Gasteiger partial charge in [-0.3, -0.25) is 0 Å². The highest BCUT2D eigenvalue weighted by Crippen LogP contribution is 2.40. The van der Waals surface area contributed by atoms with Gasteiger partial charge in [-0.05, 0) is 44.5 Å². The number of carbonyl (C=O) groups is 1. The van der Waals surface area contributed by atoms with E-state index in [1.54, 1.807) is 11.3 Å². The van der Waals surface area contributed by atoms with Gasteiger partial charge in [0.25, 0.3) is 0 Å². The molecule has 1 saturated carbocycles. The first-order valence-electron chi connectivity index (χ1n) is 10.5. The van der Waals surface area contributed by atoms with Crippen LogP contribution < -0.4 is 10.6 Å². The van der Waals surface area contributed by atoms with Gasteiger partial charge in [0.15, 0.2) is 5.11 Å². The molecular weight excluding hydrogens is 400 g/mol. The lowest BCUT2D eigenvalue weighted by Crippen LogP contribution is -2.38. The van der Waals surface area contributed by atoms with Crippen molar-refractivity contribution in [3.05, 3.63) is 40.8 Å². The summed E-state index contributed by atoms with van der Waals surface area (Å²) < 4.78 is 5.37. The highest BCUT2D eigenvalue weighted by atomic mass is 32.1. The van der Waals surface area contributed by atoms with E-state index >= 15 is 0 Å². The summed E-state index contributed by atoms with van der Waals surface area (Å²) in [6.07, 6.45) is 8.72. The maximum atomic E-state index is 12.8. The molecule has 1 fully saturated rings. The van der Waals surface area contributed by atoms with Gasteiger partial charge in [-0.15, -0.1) is 11.3 Å². The van der Waals surface area contributed by atoms with Crippen molar-refractivity contribution in [2.24, 2.45) is 0 Å². The fraction of sp³-hybridized carbons (Fsp3) is 0.478. The summed E-state index contributed by atoms with van der Waals surface area (Å²) in [6, 6.07) is 10.4. The Hall–Kier alpha value is -1.92. The molecule has 1 aliphatic rings. The van der Waals surface area contributed by atoms with Gasteiger partial charge in [-0.1, -0.05) is 62.4 Å². The standard InChI is InChI=1S/C23H30N2O2S2/c1-3-27-22(26)20-19(17-12-8-7-9-13-17)16(2)29-21(20)25-23(28)24-18-14-10-5-4-6-11-15-18/h7-9,12-13,18H,3-6,10-11,14-15H2,1-2H3,(H2,24,25,28). The molecule has 0 unspecified atom stereocenters. The second-order valence-electron chi connectivity index (χ2n) is 7.46. The molecule has 0 spiro atoms. The van der Waals surface area contributed by atoms with E-state index in [4.69, 9.17) is 17.0 Å². The Morgan fingerprint density at radius 3 is 2.45 bits per heavy atom. The summed E-state index contributed by atoms with van der Waals surface area (Å²) in [5.74, 6) is -0.313. The Kier molecular flexibility index (Phi) is 8.07. The predicted molar refractivity (Wildman–Crippen MR) is 126 cm³/mol. The van der Waals surface area contributed by atoms with Crippen molar-refractivity contribution >= 4 is 39.6 Å². The fourth-order valence-electron chi connectivity index (χ4n) is 3.91. The third kappa shape index (κ3) is 5.80. The number of benzene rings is 1. The number of rotatable bonds is 5. The molecule has 6 heteroatoms. The molecule has 0 radical (unpaired) electrons. The van der Waals surface area contributed by atoms with Crippen molar-refractivity contribution < 1.29 is 9.53 Å². The first-order chi connectivity index (χ1) is 14.1. The summed E-state index contributed by atoms with van der Waals surface area (Å²) in [6.45, 7) is 4.20. The summed E-state index contributed by atoms with van der Waals surface area (Å²) in [5.41, 5.74) is 2.50. The Labute approximate surface area is 183 Å². The van der Waals surface area contributed by atoms with Gasteiger partial charge >= 0.3 is 5.97 Å². The third-order valence-electron chi connectivity index (χ3n) is 5.29. The molecule has 0 aliphatic heterocycles. The second kappa shape index (κ2) is 10.7. The quantitative estimate of drug-likeness (QED) is 0.431. The highest BCUT2D eigenvalue weighted by molar-refractivity contribution is 7.80. The molecule has 1 heterocycles. The van der Waals surface area contributed by atoms with Crippen LogP contribution >= 0.6 is 23.6 Å². The van der Waals surface area contributed by atoms with Crippen molar-refractivity contribution in [3.8, 4) is 11.1 Å². The van der Waals surface area contributed by atoms with Crippen molar-refractivity contribution in [2.75, 3.05) is 11.9 Å². The Balaban J connectivity index is 1.82. The maximum absolute atomic E-state index is 12.8. The predicted octanol–water partition coefficient (Wildman–Crippen LogP) is 6.30. The van der Waals surface area contributed by atoms with E-state index in [0.717, 1.165) is 33.8 Å². The number of aryl methyl sites for hydroxylation is 1. The number of thiophene rings is 1. The normalized spacial score (nSPS) is 15.2. The number of ether oxygens (including phenoxy) is 1. The minimum Gasteiger partial charge on any atom is -0.462 e. The van der Waals surface area contributed by atoms with Crippen LogP contribution in [0.25, 0.3) is 11.1 Å². The lowest BCUT2D eigenvalue weighted by atomic mass is 9.97. The zero-order valence-corrected chi connectivity index (χ0v) is 18.9. The summed E-state index contributed by atoms with van der Waals surface area (Å²) in [4.78, 5) is 13.9. The number of esters is 1. The average Bonchev–Trinajstić information content (AvgIpc) is 3.00. The monoisotopic (exact) mass is 430 g/mol. The molecule has 4 nitrogen and oxygen atoms in total. The van der Waals surface area contributed by atoms with E-state index in [9.17, 15) is 4.79 Å². The molecular formula is C23H30N2O2S2. The molecule has 2 aromatic rings. The smallest absolute Gasteiger partial charge is 0.341 e. The number of nitrogens with one attached hydrogen (secondary N) is 2. The van der Waals surface area contributed by atoms with Crippen LogP contribution in [0.15, 0.2) is 30.3 Å². The zero-order chi connectivity index (χ0) is 20.6. The van der Waals surface area contributed by atoms with Crippen molar-refractivity contribution in [2.45, 2.75) is 64.8 Å². The van der Waals surface area contributed by atoms with E-state index in [2.05, 4.69) is 10.6 Å². The van der Waals surface area contributed by atoms with Crippen LogP contribution in [0.3, 0.4) is 0 Å². The molecule has 0 amide bonds. The number of thiocarbonyl (C=S) groups is 1. The van der Waals surface area contributed by atoms with E-state index in [0.29, 0.717) is 23.3 Å². The minimum atomic E-state index is -0.313. The molecule has 1 aliphatic carbocycles. The van der Waals surface area contributed by atoms with Gasteiger partial charge in [0, 0.05) is 16.5 Å². The second-order valence-corrected chi connectivity index (χ2v) is 9.10. The fourth-order valence-corrected chi connectivity index (χ4v) is 5.31. The van der Waals surface area contributed by atoms with Gasteiger partial charge in [-0.25, -0.2) is 4.79 Å². The lowest BCUT2D eigenvalue weighted by molar-refractivity contribution is 0.0529. The van der Waals surface area contributed by atoms with Crippen molar-refractivity contribution in [1.29, 1.82) is 0 Å². The molecule has 1 aromatic carbocycles. The highest BCUT2D eigenvalue weighted by Gasteiger charge is 2.25. The summed E-state index contributed by atoms with van der Waals surface area (Å²) in [7, 11) is 0. The van der Waals surface area contributed by atoms with Crippen LogP contribution in [0, 0.1) is 6.92 Å². The molecule has 156 valence electrons. The van der Waals surface area contributed by atoms with E-state index in [1.807, 2.05) is 44.2 Å². The van der Waals surface area contributed by atoms with Gasteiger partial charge < -0.3 is 15.4 Å². The van der Waals surface area contributed by atoms with Gasteiger partial charge in [0.05, 0.1) is 6.61 Å². The topological polar surface area (TPSA) is 50.4 Å². The molecule has 29 heavy (non-hydrogen) atoms. The van der Waals surface area contributed by atoms with Crippen LogP contribution in [0.4, 0.5) is 5.00 Å². The SMILES string of the molecule is CCOC(=O)c1c(NC(=S)NC2CCCCCCC2)sc(C)c1-c1ccccc1. The first-order valence-corrected chi connectivity index (χ1v) is 11.8. The Morgan fingerprint density at radius 1 is 1.14 bits per heavy atom.